The molecule has 5 rings (SSSR count). The number of hydrogen-bond acceptors (Lipinski definition) is 6. The van der Waals surface area contributed by atoms with Gasteiger partial charge in [-0.3, -0.25) is 14.2 Å². The van der Waals surface area contributed by atoms with E-state index in [2.05, 4.69) is 11.1 Å². The average Bonchev–Trinajstić information content (AvgIpc) is 3.35. The lowest BCUT2D eigenvalue weighted by molar-refractivity contribution is -0.145. The smallest absolute Gasteiger partial charge is 0.267 e. The van der Waals surface area contributed by atoms with E-state index in [-0.39, 0.29) is 18.4 Å². The van der Waals surface area contributed by atoms with E-state index in [9.17, 15) is 9.59 Å². The van der Waals surface area contributed by atoms with E-state index >= 15 is 0 Å². The highest BCUT2D eigenvalue weighted by molar-refractivity contribution is 7.99. The molecule has 1 atom stereocenters. The molecule has 34 heavy (non-hydrogen) atoms. The zero-order valence-corrected chi connectivity index (χ0v) is 19.7. The molecule has 0 radical (unpaired) electrons. The highest BCUT2D eigenvalue weighted by atomic mass is 32.2. The van der Waals surface area contributed by atoms with Crippen LogP contribution in [-0.4, -0.2) is 75.8 Å². The molecule has 0 aliphatic carbocycles. The molecule has 0 saturated carbocycles. The van der Waals surface area contributed by atoms with Crippen LogP contribution in [-0.2, 0) is 9.59 Å². The Morgan fingerprint density at radius 1 is 1.03 bits per heavy atom. The number of carbonyl (C=O) groups excluding carboxylic acids is 2. The van der Waals surface area contributed by atoms with E-state index < -0.39 is 6.10 Å². The van der Waals surface area contributed by atoms with Gasteiger partial charge in [-0.15, -0.1) is 0 Å². The van der Waals surface area contributed by atoms with Gasteiger partial charge >= 0.3 is 0 Å². The Morgan fingerprint density at radius 3 is 2.59 bits per heavy atom. The molecule has 0 bridgehead atoms. The Balaban J connectivity index is 1.12. The van der Waals surface area contributed by atoms with Crippen LogP contribution < -0.4 is 9.47 Å². The molecular formula is C25H26N4O4S. The number of ether oxygens (including phenoxy) is 2. The lowest BCUT2D eigenvalue weighted by Gasteiger charge is -2.37. The number of carbonyl (C=O) groups is 2. The van der Waals surface area contributed by atoms with Crippen LogP contribution in [0.3, 0.4) is 0 Å². The van der Waals surface area contributed by atoms with Crippen molar-refractivity contribution in [3.8, 4) is 17.2 Å². The van der Waals surface area contributed by atoms with Crippen molar-refractivity contribution in [2.75, 3.05) is 38.5 Å². The molecule has 1 unspecified atom stereocenters. The summed E-state index contributed by atoms with van der Waals surface area (Å²) in [5, 5.41) is 0.780. The van der Waals surface area contributed by atoms with Crippen molar-refractivity contribution in [2.45, 2.75) is 18.2 Å². The topological polar surface area (TPSA) is 76.9 Å². The predicted octanol–water partition coefficient (Wildman–Crippen LogP) is 2.78. The van der Waals surface area contributed by atoms with Gasteiger partial charge in [0.05, 0.1) is 5.75 Å². The third-order valence-corrected chi connectivity index (χ3v) is 6.89. The number of aryl methyl sites for hydroxylation is 1. The van der Waals surface area contributed by atoms with E-state index in [1.807, 2.05) is 59.0 Å². The van der Waals surface area contributed by atoms with Crippen LogP contribution in [0.25, 0.3) is 5.69 Å². The molecule has 2 amide bonds. The number of aromatic nitrogens is 2. The predicted molar refractivity (Wildman–Crippen MR) is 129 cm³/mol. The zero-order chi connectivity index (χ0) is 23.5. The minimum atomic E-state index is -0.659. The molecule has 1 aromatic heterocycles. The van der Waals surface area contributed by atoms with Gasteiger partial charge in [0.15, 0.2) is 16.7 Å². The molecule has 0 N–H and O–H groups in total. The minimum Gasteiger partial charge on any atom is -0.485 e. The first-order valence-electron chi connectivity index (χ1n) is 11.3. The lowest BCUT2D eigenvalue weighted by Crippen LogP contribution is -2.55. The van der Waals surface area contributed by atoms with Crippen LogP contribution in [0.2, 0.25) is 0 Å². The summed E-state index contributed by atoms with van der Waals surface area (Å²) in [5.41, 5.74) is 2.19. The highest BCUT2D eigenvalue weighted by Gasteiger charge is 2.33. The molecule has 3 heterocycles. The fourth-order valence-corrected chi connectivity index (χ4v) is 4.99. The fraction of sp³-hybridized carbons (Fsp3) is 0.320. The number of imidazole rings is 1. The molecule has 1 saturated heterocycles. The molecule has 1 fully saturated rings. The summed E-state index contributed by atoms with van der Waals surface area (Å²) in [5.74, 6) is 1.48. The number of amides is 2. The number of benzene rings is 2. The third kappa shape index (κ3) is 4.75. The van der Waals surface area contributed by atoms with Crippen molar-refractivity contribution >= 4 is 23.6 Å². The molecular weight excluding hydrogens is 452 g/mol. The average molecular weight is 479 g/mol. The maximum Gasteiger partial charge on any atom is 0.267 e. The van der Waals surface area contributed by atoms with E-state index in [4.69, 9.17) is 9.47 Å². The molecule has 0 spiro atoms. The summed E-state index contributed by atoms with van der Waals surface area (Å²) >= 11 is 1.42. The summed E-state index contributed by atoms with van der Waals surface area (Å²) < 4.78 is 13.5. The van der Waals surface area contributed by atoms with Gasteiger partial charge < -0.3 is 19.3 Å². The van der Waals surface area contributed by atoms with E-state index in [0.29, 0.717) is 43.4 Å². The van der Waals surface area contributed by atoms with Gasteiger partial charge in [0, 0.05) is 44.3 Å². The Labute approximate surface area is 202 Å². The van der Waals surface area contributed by atoms with Crippen LogP contribution in [0.15, 0.2) is 66.1 Å². The molecule has 2 aliphatic rings. The summed E-state index contributed by atoms with van der Waals surface area (Å²) in [6, 6.07) is 15.5. The zero-order valence-electron chi connectivity index (χ0n) is 18.9. The van der Waals surface area contributed by atoms with E-state index in [1.54, 1.807) is 17.2 Å². The number of rotatable bonds is 5. The Morgan fingerprint density at radius 2 is 1.79 bits per heavy atom. The largest absolute Gasteiger partial charge is 0.485 e. The van der Waals surface area contributed by atoms with Gasteiger partial charge in [-0.2, -0.15) is 0 Å². The lowest BCUT2D eigenvalue weighted by atomic mass is 10.2. The minimum absolute atomic E-state index is 0.0436. The molecule has 3 aromatic rings. The van der Waals surface area contributed by atoms with Crippen LogP contribution in [0.5, 0.6) is 11.5 Å². The molecule has 8 nitrogen and oxygen atoms in total. The number of piperazine rings is 1. The second-order valence-corrected chi connectivity index (χ2v) is 9.22. The van der Waals surface area contributed by atoms with Gasteiger partial charge in [-0.05, 0) is 36.8 Å². The third-order valence-electron chi connectivity index (χ3n) is 5.94. The Hall–Kier alpha value is -3.46. The second-order valence-electron chi connectivity index (χ2n) is 8.28. The van der Waals surface area contributed by atoms with Crippen LogP contribution >= 0.6 is 11.8 Å². The standard InChI is InChI=1S/C25H26N4O4S/c1-18-5-4-6-19(15-18)29-10-9-26-25(29)34-17-23(30)27-11-13-28(14-12-27)24(31)22-16-32-20-7-2-3-8-21(20)33-22/h2-10,15,22H,11-14,16-17H2,1H3. The number of thioether (sulfide) groups is 1. The van der Waals surface area contributed by atoms with Crippen LogP contribution in [0.1, 0.15) is 5.56 Å². The number of hydrogen-bond donors (Lipinski definition) is 0. The molecule has 9 heteroatoms. The molecule has 2 aliphatic heterocycles. The van der Waals surface area contributed by atoms with Crippen molar-refractivity contribution in [3.05, 3.63) is 66.5 Å². The van der Waals surface area contributed by atoms with Gasteiger partial charge in [0.2, 0.25) is 12.0 Å². The van der Waals surface area contributed by atoms with Crippen molar-refractivity contribution in [1.29, 1.82) is 0 Å². The van der Waals surface area contributed by atoms with Gasteiger partial charge in [-0.1, -0.05) is 36.0 Å². The first kappa shape index (κ1) is 22.3. The first-order chi connectivity index (χ1) is 16.6. The maximum atomic E-state index is 12.9. The highest BCUT2D eigenvalue weighted by Crippen LogP contribution is 2.31. The van der Waals surface area contributed by atoms with E-state index in [1.165, 1.54) is 17.3 Å². The monoisotopic (exact) mass is 478 g/mol. The number of para-hydroxylation sites is 2. The van der Waals surface area contributed by atoms with Gasteiger partial charge in [0.25, 0.3) is 5.91 Å². The van der Waals surface area contributed by atoms with Crippen molar-refractivity contribution in [3.63, 3.8) is 0 Å². The first-order valence-corrected chi connectivity index (χ1v) is 12.3. The normalized spacial score (nSPS) is 17.5. The fourth-order valence-electron chi connectivity index (χ4n) is 4.11. The van der Waals surface area contributed by atoms with Crippen molar-refractivity contribution in [1.82, 2.24) is 19.4 Å². The Kier molecular flexibility index (Phi) is 6.44. The summed E-state index contributed by atoms with van der Waals surface area (Å²) in [6.45, 7) is 4.21. The maximum absolute atomic E-state index is 12.9. The second kappa shape index (κ2) is 9.80. The number of nitrogens with zero attached hydrogens (tertiary/aromatic N) is 4. The van der Waals surface area contributed by atoms with Gasteiger partial charge in [-0.25, -0.2) is 4.98 Å². The van der Waals surface area contributed by atoms with Gasteiger partial charge in [0.1, 0.15) is 6.61 Å². The summed E-state index contributed by atoms with van der Waals surface area (Å²) in [6.07, 6.45) is 2.99. The van der Waals surface area contributed by atoms with Crippen molar-refractivity contribution in [2.24, 2.45) is 0 Å². The quantitative estimate of drug-likeness (QED) is 0.525. The van der Waals surface area contributed by atoms with Crippen LogP contribution in [0, 0.1) is 6.92 Å². The molecule has 176 valence electrons. The van der Waals surface area contributed by atoms with E-state index in [0.717, 1.165) is 10.8 Å². The Bertz CT molecular complexity index is 1190. The number of fused-ring (bicyclic) bond motifs is 1. The van der Waals surface area contributed by atoms with Crippen molar-refractivity contribution < 1.29 is 19.1 Å². The molecule has 2 aromatic carbocycles. The SMILES string of the molecule is Cc1cccc(-n2ccnc2SCC(=O)N2CCN(C(=O)C3COc4ccccc4O3)CC2)c1. The van der Waals surface area contributed by atoms with Crippen LogP contribution in [0.4, 0.5) is 0 Å². The summed E-state index contributed by atoms with van der Waals surface area (Å²) in [7, 11) is 0. The summed E-state index contributed by atoms with van der Waals surface area (Å²) in [4.78, 5) is 33.7.